The summed E-state index contributed by atoms with van der Waals surface area (Å²) in [5.41, 5.74) is 0. The summed E-state index contributed by atoms with van der Waals surface area (Å²) in [6, 6.07) is 4.65. The Balaban J connectivity index is 1.54. The SMILES string of the molecule is CN(C)C(=O)CN=C(NCCc1ccco1)N1CCN(C2CCCCC2)CC1. The quantitative estimate of drug-likeness (QED) is 0.594. The van der Waals surface area contributed by atoms with Crippen LogP contribution in [-0.2, 0) is 11.2 Å². The molecule has 1 saturated heterocycles. The zero-order valence-electron chi connectivity index (χ0n) is 17.4. The Morgan fingerprint density at radius 3 is 2.61 bits per heavy atom. The van der Waals surface area contributed by atoms with E-state index in [2.05, 4.69) is 20.1 Å². The third-order valence-corrected chi connectivity index (χ3v) is 5.80. The van der Waals surface area contributed by atoms with Crippen molar-refractivity contribution in [2.45, 2.75) is 44.6 Å². The van der Waals surface area contributed by atoms with E-state index in [9.17, 15) is 4.79 Å². The maximum Gasteiger partial charge on any atom is 0.243 e. The minimum Gasteiger partial charge on any atom is -0.469 e. The van der Waals surface area contributed by atoms with Crippen LogP contribution in [0.5, 0.6) is 0 Å². The molecule has 0 atom stereocenters. The van der Waals surface area contributed by atoms with Gasteiger partial charge >= 0.3 is 0 Å². The van der Waals surface area contributed by atoms with Gasteiger partial charge in [-0.05, 0) is 25.0 Å². The zero-order chi connectivity index (χ0) is 19.8. The van der Waals surface area contributed by atoms with Gasteiger partial charge in [-0.3, -0.25) is 9.69 Å². The molecule has 2 fully saturated rings. The lowest BCUT2D eigenvalue weighted by Crippen LogP contribution is -2.55. The van der Waals surface area contributed by atoms with Crippen LogP contribution in [0.4, 0.5) is 0 Å². The van der Waals surface area contributed by atoms with Crippen LogP contribution in [0, 0.1) is 0 Å². The normalized spacial score (nSPS) is 19.6. The molecule has 1 aliphatic heterocycles. The van der Waals surface area contributed by atoms with Crippen molar-refractivity contribution in [3.05, 3.63) is 24.2 Å². The Bertz CT molecular complexity index is 615. The molecule has 0 spiro atoms. The van der Waals surface area contributed by atoms with Crippen LogP contribution < -0.4 is 5.32 Å². The van der Waals surface area contributed by atoms with E-state index >= 15 is 0 Å². The predicted molar refractivity (Wildman–Crippen MR) is 111 cm³/mol. The number of piperazine rings is 1. The van der Waals surface area contributed by atoms with Gasteiger partial charge < -0.3 is 19.5 Å². The molecule has 2 heterocycles. The Hall–Kier alpha value is -2.02. The molecule has 1 aromatic heterocycles. The van der Waals surface area contributed by atoms with E-state index in [1.54, 1.807) is 25.3 Å². The van der Waals surface area contributed by atoms with E-state index in [0.717, 1.165) is 56.9 Å². The molecule has 0 bridgehead atoms. The fraction of sp³-hybridized carbons (Fsp3) is 0.714. The molecule has 28 heavy (non-hydrogen) atoms. The highest BCUT2D eigenvalue weighted by Gasteiger charge is 2.26. The molecular formula is C21H35N5O2. The molecule has 1 aromatic rings. The molecule has 156 valence electrons. The number of amides is 1. The van der Waals surface area contributed by atoms with Gasteiger partial charge in [0.1, 0.15) is 12.3 Å². The molecule has 1 saturated carbocycles. The molecule has 0 unspecified atom stereocenters. The topological polar surface area (TPSA) is 64.3 Å². The number of nitrogens with zero attached hydrogens (tertiary/aromatic N) is 4. The van der Waals surface area contributed by atoms with Gasteiger partial charge in [0.2, 0.25) is 5.91 Å². The average Bonchev–Trinajstić information content (AvgIpc) is 3.24. The fourth-order valence-electron chi connectivity index (χ4n) is 4.05. The third-order valence-electron chi connectivity index (χ3n) is 5.80. The van der Waals surface area contributed by atoms with Crippen molar-refractivity contribution in [2.24, 2.45) is 4.99 Å². The highest BCUT2D eigenvalue weighted by molar-refractivity contribution is 5.84. The predicted octanol–water partition coefficient (Wildman–Crippen LogP) is 1.81. The molecule has 1 aliphatic carbocycles. The van der Waals surface area contributed by atoms with Crippen LogP contribution in [-0.4, -0.2) is 86.0 Å². The molecule has 0 aromatic carbocycles. The first-order chi connectivity index (χ1) is 13.6. The first-order valence-electron chi connectivity index (χ1n) is 10.6. The van der Waals surface area contributed by atoms with E-state index < -0.39 is 0 Å². The monoisotopic (exact) mass is 389 g/mol. The first-order valence-corrected chi connectivity index (χ1v) is 10.6. The lowest BCUT2D eigenvalue weighted by Gasteiger charge is -2.41. The maximum atomic E-state index is 12.0. The van der Waals surface area contributed by atoms with Crippen molar-refractivity contribution in [2.75, 3.05) is 53.4 Å². The number of hydrogen-bond donors (Lipinski definition) is 1. The maximum absolute atomic E-state index is 12.0. The summed E-state index contributed by atoms with van der Waals surface area (Å²) in [6.45, 7) is 4.99. The smallest absolute Gasteiger partial charge is 0.243 e. The van der Waals surface area contributed by atoms with Crippen molar-refractivity contribution >= 4 is 11.9 Å². The minimum atomic E-state index is 0.0196. The van der Waals surface area contributed by atoms with Crippen molar-refractivity contribution in [3.63, 3.8) is 0 Å². The number of likely N-dealkylation sites (N-methyl/N-ethyl adjacent to an activating group) is 1. The number of guanidine groups is 1. The van der Waals surface area contributed by atoms with E-state index in [4.69, 9.17) is 4.42 Å². The van der Waals surface area contributed by atoms with Gasteiger partial charge in [0.15, 0.2) is 5.96 Å². The summed E-state index contributed by atoms with van der Waals surface area (Å²) in [7, 11) is 3.54. The summed E-state index contributed by atoms with van der Waals surface area (Å²) >= 11 is 0. The standard InChI is InChI=1S/C21H35N5O2/c1-24(2)20(27)17-23-21(22-11-10-19-9-6-16-28-19)26-14-12-25(13-15-26)18-7-4-3-5-8-18/h6,9,16,18H,3-5,7-8,10-15,17H2,1-2H3,(H,22,23). The van der Waals surface area contributed by atoms with Gasteiger partial charge in [-0.1, -0.05) is 19.3 Å². The van der Waals surface area contributed by atoms with Gasteiger partial charge in [0, 0.05) is 59.3 Å². The highest BCUT2D eigenvalue weighted by Crippen LogP contribution is 2.23. The van der Waals surface area contributed by atoms with Crippen LogP contribution in [0.15, 0.2) is 27.8 Å². The average molecular weight is 390 g/mol. The number of nitrogens with one attached hydrogen (secondary N) is 1. The van der Waals surface area contributed by atoms with E-state index in [0.29, 0.717) is 0 Å². The Morgan fingerprint density at radius 2 is 1.96 bits per heavy atom. The molecule has 7 heteroatoms. The second-order valence-electron chi connectivity index (χ2n) is 8.00. The Kier molecular flexibility index (Phi) is 7.77. The van der Waals surface area contributed by atoms with Crippen molar-refractivity contribution in [3.8, 4) is 0 Å². The molecule has 3 rings (SSSR count). The Labute approximate surface area is 168 Å². The molecule has 2 aliphatic rings. The molecule has 0 radical (unpaired) electrons. The molecule has 1 N–H and O–H groups in total. The van der Waals surface area contributed by atoms with Crippen molar-refractivity contribution in [1.29, 1.82) is 0 Å². The van der Waals surface area contributed by atoms with Crippen LogP contribution in [0.25, 0.3) is 0 Å². The summed E-state index contributed by atoms with van der Waals surface area (Å²) in [5, 5.41) is 3.44. The van der Waals surface area contributed by atoms with Gasteiger partial charge in [0.25, 0.3) is 0 Å². The summed E-state index contributed by atoms with van der Waals surface area (Å²) in [4.78, 5) is 23.2. The zero-order valence-corrected chi connectivity index (χ0v) is 17.4. The van der Waals surface area contributed by atoms with Crippen LogP contribution in [0.1, 0.15) is 37.9 Å². The number of furan rings is 1. The van der Waals surface area contributed by atoms with E-state index in [1.165, 1.54) is 32.1 Å². The summed E-state index contributed by atoms with van der Waals surface area (Å²) in [5.74, 6) is 1.81. The van der Waals surface area contributed by atoms with E-state index in [1.807, 2.05) is 12.1 Å². The second-order valence-corrected chi connectivity index (χ2v) is 8.00. The number of carbonyl (C=O) groups is 1. The number of aliphatic imine (C=N–C) groups is 1. The highest BCUT2D eigenvalue weighted by atomic mass is 16.3. The molecular weight excluding hydrogens is 354 g/mol. The van der Waals surface area contributed by atoms with Gasteiger partial charge in [-0.25, -0.2) is 4.99 Å². The van der Waals surface area contributed by atoms with Gasteiger partial charge in [-0.15, -0.1) is 0 Å². The summed E-state index contributed by atoms with van der Waals surface area (Å²) < 4.78 is 5.41. The van der Waals surface area contributed by atoms with E-state index in [-0.39, 0.29) is 12.5 Å². The van der Waals surface area contributed by atoms with Crippen LogP contribution in [0.3, 0.4) is 0 Å². The molecule has 7 nitrogen and oxygen atoms in total. The number of hydrogen-bond acceptors (Lipinski definition) is 4. The van der Waals surface area contributed by atoms with Crippen LogP contribution in [0.2, 0.25) is 0 Å². The summed E-state index contributed by atoms with van der Waals surface area (Å²) in [6.07, 6.45) is 9.34. The number of rotatable bonds is 6. The van der Waals surface area contributed by atoms with Crippen molar-refractivity contribution < 1.29 is 9.21 Å². The van der Waals surface area contributed by atoms with Gasteiger partial charge in [-0.2, -0.15) is 0 Å². The van der Waals surface area contributed by atoms with Gasteiger partial charge in [0.05, 0.1) is 6.26 Å². The minimum absolute atomic E-state index is 0.0196. The lowest BCUT2D eigenvalue weighted by atomic mass is 9.94. The first kappa shape index (κ1) is 20.7. The molecule has 1 amide bonds. The lowest BCUT2D eigenvalue weighted by molar-refractivity contribution is -0.127. The third kappa shape index (κ3) is 5.99. The Morgan fingerprint density at radius 1 is 1.21 bits per heavy atom. The van der Waals surface area contributed by atoms with Crippen LogP contribution >= 0.6 is 0 Å². The number of carbonyl (C=O) groups excluding carboxylic acids is 1. The van der Waals surface area contributed by atoms with Crippen molar-refractivity contribution in [1.82, 2.24) is 20.0 Å². The second kappa shape index (κ2) is 10.5. The largest absolute Gasteiger partial charge is 0.469 e. The fourth-order valence-corrected chi connectivity index (χ4v) is 4.05.